The Morgan fingerprint density at radius 3 is 2.10 bits per heavy atom. The van der Waals surface area contributed by atoms with E-state index in [-0.39, 0.29) is 13.2 Å². The molecular weight excluding hydrogens is 284 g/mol. The molecule has 1 saturated heterocycles. The predicted molar refractivity (Wildman–Crippen MR) is 71.6 cm³/mol. The zero-order valence-electron chi connectivity index (χ0n) is 12.3. The number of hydrogen-bond donors (Lipinski definition) is 4. The number of rotatable bonds is 10. The number of aliphatic hydroxyl groups is 4. The van der Waals surface area contributed by atoms with Gasteiger partial charge in [-0.3, -0.25) is 0 Å². The molecule has 1 rings (SSSR count). The van der Waals surface area contributed by atoms with Crippen LogP contribution in [-0.2, 0) is 18.9 Å². The second kappa shape index (κ2) is 10.4. The van der Waals surface area contributed by atoms with Crippen LogP contribution in [0.2, 0.25) is 0 Å². The Morgan fingerprint density at radius 1 is 0.857 bits per heavy atom. The van der Waals surface area contributed by atoms with E-state index in [0.717, 1.165) is 6.42 Å². The largest absolute Gasteiger partial charge is 0.394 e. The molecule has 0 spiro atoms. The first-order valence-corrected chi connectivity index (χ1v) is 7.19. The Hall–Kier alpha value is -0.320. The molecule has 0 amide bonds. The standard InChI is InChI=1S/C13H26O8/c1-2-3-18-4-5-19-6-7-20-13-12(17)11(16)10(15)9(8-14)21-13/h9-17H,2-8H2,1H3/t9?,10-,11?,12-,13+/m1/s1. The molecule has 1 aliphatic heterocycles. The van der Waals surface area contributed by atoms with Gasteiger partial charge in [0.1, 0.15) is 24.4 Å². The van der Waals surface area contributed by atoms with Gasteiger partial charge < -0.3 is 39.4 Å². The van der Waals surface area contributed by atoms with E-state index in [0.29, 0.717) is 19.8 Å². The minimum atomic E-state index is -1.43. The Labute approximate surface area is 124 Å². The number of ether oxygens (including phenoxy) is 4. The highest BCUT2D eigenvalue weighted by molar-refractivity contribution is 4.88. The van der Waals surface area contributed by atoms with Crippen molar-refractivity contribution in [2.24, 2.45) is 0 Å². The van der Waals surface area contributed by atoms with Gasteiger partial charge in [0.05, 0.1) is 33.0 Å². The minimum Gasteiger partial charge on any atom is -0.394 e. The molecule has 0 bridgehead atoms. The van der Waals surface area contributed by atoms with E-state index in [1.54, 1.807) is 0 Å². The zero-order chi connectivity index (χ0) is 15.7. The molecule has 1 heterocycles. The van der Waals surface area contributed by atoms with Crippen LogP contribution in [0.5, 0.6) is 0 Å². The first-order valence-electron chi connectivity index (χ1n) is 7.19. The second-order valence-corrected chi connectivity index (χ2v) is 4.79. The van der Waals surface area contributed by atoms with Crippen molar-refractivity contribution < 1.29 is 39.4 Å². The Balaban J connectivity index is 2.16. The van der Waals surface area contributed by atoms with Gasteiger partial charge in [0.2, 0.25) is 0 Å². The summed E-state index contributed by atoms with van der Waals surface area (Å²) in [7, 11) is 0. The van der Waals surface area contributed by atoms with Crippen LogP contribution in [0.15, 0.2) is 0 Å². The van der Waals surface area contributed by atoms with Crippen LogP contribution in [-0.4, -0.2) is 90.8 Å². The lowest BCUT2D eigenvalue weighted by molar-refractivity contribution is -0.302. The molecule has 0 aliphatic carbocycles. The van der Waals surface area contributed by atoms with Crippen molar-refractivity contribution in [3.05, 3.63) is 0 Å². The fourth-order valence-electron chi connectivity index (χ4n) is 1.89. The summed E-state index contributed by atoms with van der Waals surface area (Å²) >= 11 is 0. The maximum absolute atomic E-state index is 9.72. The molecule has 8 heteroatoms. The minimum absolute atomic E-state index is 0.149. The van der Waals surface area contributed by atoms with Gasteiger partial charge in [0, 0.05) is 6.61 Å². The lowest BCUT2D eigenvalue weighted by atomic mass is 9.99. The summed E-state index contributed by atoms with van der Waals surface area (Å²) in [6.45, 7) is 3.63. The SMILES string of the molecule is CCCOCCOCCO[C@H]1OC(CO)[C@@H](O)C(O)[C@H]1O. The molecule has 0 aromatic heterocycles. The Bertz CT molecular complexity index is 263. The third-order valence-electron chi connectivity index (χ3n) is 3.08. The lowest BCUT2D eigenvalue weighted by Crippen LogP contribution is -2.59. The summed E-state index contributed by atoms with van der Waals surface area (Å²) in [5, 5.41) is 37.9. The highest BCUT2D eigenvalue weighted by atomic mass is 16.7. The van der Waals surface area contributed by atoms with Crippen molar-refractivity contribution >= 4 is 0 Å². The molecule has 8 nitrogen and oxygen atoms in total. The molecule has 21 heavy (non-hydrogen) atoms. The summed E-state index contributed by atoms with van der Waals surface area (Å²) in [5.41, 5.74) is 0. The molecule has 5 atom stereocenters. The van der Waals surface area contributed by atoms with Crippen LogP contribution in [0.25, 0.3) is 0 Å². The van der Waals surface area contributed by atoms with Crippen LogP contribution in [0, 0.1) is 0 Å². The van der Waals surface area contributed by atoms with E-state index in [1.807, 2.05) is 6.92 Å². The summed E-state index contributed by atoms with van der Waals surface area (Å²) in [6.07, 6.45) is -5.30. The average molecular weight is 310 g/mol. The van der Waals surface area contributed by atoms with Crippen molar-refractivity contribution in [1.82, 2.24) is 0 Å². The lowest BCUT2D eigenvalue weighted by Gasteiger charge is -2.39. The predicted octanol–water partition coefficient (Wildman–Crippen LogP) is -1.75. The van der Waals surface area contributed by atoms with Gasteiger partial charge in [0.15, 0.2) is 6.29 Å². The van der Waals surface area contributed by atoms with Crippen LogP contribution >= 0.6 is 0 Å². The molecular formula is C13H26O8. The summed E-state index contributed by atoms with van der Waals surface area (Å²) in [5.74, 6) is 0. The molecule has 126 valence electrons. The van der Waals surface area contributed by atoms with Crippen LogP contribution in [0.3, 0.4) is 0 Å². The quantitative estimate of drug-likeness (QED) is 0.351. The molecule has 0 aromatic carbocycles. The van der Waals surface area contributed by atoms with Gasteiger partial charge in [-0.2, -0.15) is 0 Å². The maximum atomic E-state index is 9.72. The number of aliphatic hydroxyl groups excluding tert-OH is 4. The third kappa shape index (κ3) is 6.13. The van der Waals surface area contributed by atoms with Gasteiger partial charge in [-0.05, 0) is 6.42 Å². The van der Waals surface area contributed by atoms with Crippen molar-refractivity contribution in [2.45, 2.75) is 44.1 Å². The molecule has 4 N–H and O–H groups in total. The second-order valence-electron chi connectivity index (χ2n) is 4.79. The summed E-state index contributed by atoms with van der Waals surface area (Å²) in [4.78, 5) is 0. The van der Waals surface area contributed by atoms with Crippen molar-refractivity contribution in [3.8, 4) is 0 Å². The van der Waals surface area contributed by atoms with E-state index in [2.05, 4.69) is 0 Å². The van der Waals surface area contributed by atoms with Crippen LogP contribution in [0.1, 0.15) is 13.3 Å². The van der Waals surface area contributed by atoms with Crippen LogP contribution < -0.4 is 0 Å². The van der Waals surface area contributed by atoms with Gasteiger partial charge in [-0.1, -0.05) is 6.92 Å². The first kappa shape index (κ1) is 18.7. The normalized spacial score (nSPS) is 33.3. The van der Waals surface area contributed by atoms with Crippen molar-refractivity contribution in [3.63, 3.8) is 0 Å². The Kier molecular flexibility index (Phi) is 9.29. The monoisotopic (exact) mass is 310 g/mol. The molecule has 0 radical (unpaired) electrons. The Morgan fingerprint density at radius 2 is 1.48 bits per heavy atom. The van der Waals surface area contributed by atoms with Gasteiger partial charge in [-0.15, -0.1) is 0 Å². The highest BCUT2D eigenvalue weighted by Crippen LogP contribution is 2.21. The molecule has 1 fully saturated rings. The van der Waals surface area contributed by atoms with Crippen molar-refractivity contribution in [1.29, 1.82) is 0 Å². The van der Waals surface area contributed by atoms with E-state index >= 15 is 0 Å². The average Bonchev–Trinajstić information content (AvgIpc) is 2.49. The molecule has 0 saturated carbocycles. The van der Waals surface area contributed by atoms with Gasteiger partial charge in [-0.25, -0.2) is 0 Å². The first-order chi connectivity index (χ1) is 10.1. The number of hydrogen-bond acceptors (Lipinski definition) is 8. The summed E-state index contributed by atoms with van der Waals surface area (Å²) in [6, 6.07) is 0. The third-order valence-corrected chi connectivity index (χ3v) is 3.08. The molecule has 1 aliphatic rings. The molecule has 2 unspecified atom stereocenters. The van der Waals surface area contributed by atoms with E-state index in [4.69, 9.17) is 24.1 Å². The van der Waals surface area contributed by atoms with E-state index in [1.165, 1.54) is 0 Å². The smallest absolute Gasteiger partial charge is 0.186 e. The summed E-state index contributed by atoms with van der Waals surface area (Å²) < 4.78 is 20.9. The molecule has 0 aromatic rings. The topological polar surface area (TPSA) is 118 Å². The maximum Gasteiger partial charge on any atom is 0.186 e. The van der Waals surface area contributed by atoms with Crippen molar-refractivity contribution in [2.75, 3.05) is 39.6 Å². The van der Waals surface area contributed by atoms with E-state index in [9.17, 15) is 15.3 Å². The fourth-order valence-corrected chi connectivity index (χ4v) is 1.89. The fraction of sp³-hybridized carbons (Fsp3) is 1.00. The van der Waals surface area contributed by atoms with Gasteiger partial charge in [0.25, 0.3) is 0 Å². The van der Waals surface area contributed by atoms with E-state index < -0.39 is 37.3 Å². The zero-order valence-corrected chi connectivity index (χ0v) is 12.3. The highest BCUT2D eigenvalue weighted by Gasteiger charge is 2.43. The van der Waals surface area contributed by atoms with Crippen LogP contribution in [0.4, 0.5) is 0 Å². The van der Waals surface area contributed by atoms with Gasteiger partial charge >= 0.3 is 0 Å².